The van der Waals surface area contributed by atoms with Gasteiger partial charge < -0.3 is 10.5 Å². The summed E-state index contributed by atoms with van der Waals surface area (Å²) in [6.07, 6.45) is 0. The van der Waals surface area contributed by atoms with Crippen molar-refractivity contribution in [3.05, 3.63) is 21.9 Å². The van der Waals surface area contributed by atoms with Crippen LogP contribution >= 0.6 is 11.3 Å². The van der Waals surface area contributed by atoms with Crippen molar-refractivity contribution in [2.75, 3.05) is 26.3 Å². The van der Waals surface area contributed by atoms with Crippen molar-refractivity contribution >= 4 is 11.3 Å². The van der Waals surface area contributed by atoms with Gasteiger partial charge in [0, 0.05) is 35.0 Å². The van der Waals surface area contributed by atoms with E-state index in [9.17, 15) is 0 Å². The Hall–Kier alpha value is -0.860. The maximum Gasteiger partial charge on any atom is 0.0619 e. The summed E-state index contributed by atoms with van der Waals surface area (Å²) < 4.78 is 5.43. The van der Waals surface area contributed by atoms with Gasteiger partial charge in [-0.05, 0) is 13.0 Å². The molecule has 1 fully saturated rings. The van der Waals surface area contributed by atoms with Gasteiger partial charge in [-0.3, -0.25) is 4.90 Å². The van der Waals surface area contributed by atoms with E-state index in [1.54, 1.807) is 11.3 Å². The van der Waals surface area contributed by atoms with Crippen molar-refractivity contribution in [2.45, 2.75) is 19.5 Å². The van der Waals surface area contributed by atoms with Crippen LogP contribution in [0.1, 0.15) is 17.4 Å². The van der Waals surface area contributed by atoms with Crippen molar-refractivity contribution in [3.8, 4) is 11.8 Å². The molecular formula is C13H18N2OS. The summed E-state index contributed by atoms with van der Waals surface area (Å²) in [4.78, 5) is 3.82. The van der Waals surface area contributed by atoms with E-state index in [2.05, 4.69) is 35.1 Å². The first kappa shape index (κ1) is 12.6. The van der Waals surface area contributed by atoms with Gasteiger partial charge in [-0.15, -0.1) is 11.3 Å². The Morgan fingerprint density at radius 1 is 1.65 bits per heavy atom. The van der Waals surface area contributed by atoms with Crippen LogP contribution in [0, 0.1) is 11.8 Å². The fourth-order valence-corrected chi connectivity index (χ4v) is 2.72. The molecule has 0 aliphatic carbocycles. The van der Waals surface area contributed by atoms with Crippen LogP contribution in [0.4, 0.5) is 0 Å². The van der Waals surface area contributed by atoms with Gasteiger partial charge in [-0.25, -0.2) is 0 Å². The largest absolute Gasteiger partial charge is 0.379 e. The number of morpholine rings is 1. The van der Waals surface area contributed by atoms with Crippen LogP contribution in [0.3, 0.4) is 0 Å². The molecule has 1 atom stereocenters. The maximum atomic E-state index is 5.43. The number of nitrogens with two attached hydrogens (primary N) is 1. The van der Waals surface area contributed by atoms with Gasteiger partial charge in [0.25, 0.3) is 0 Å². The predicted octanol–water partition coefficient (Wildman–Crippen LogP) is 1.28. The molecule has 1 aromatic rings. The fourth-order valence-electron chi connectivity index (χ4n) is 1.88. The lowest BCUT2D eigenvalue weighted by atomic mass is 10.2. The summed E-state index contributed by atoms with van der Waals surface area (Å²) in [6.45, 7) is 6.33. The van der Waals surface area contributed by atoms with E-state index in [-0.39, 0.29) is 0 Å². The molecule has 1 aromatic heterocycles. The van der Waals surface area contributed by atoms with Crippen LogP contribution < -0.4 is 5.73 Å². The molecule has 1 aliphatic heterocycles. The van der Waals surface area contributed by atoms with E-state index < -0.39 is 0 Å². The summed E-state index contributed by atoms with van der Waals surface area (Å²) in [7, 11) is 0. The molecule has 3 nitrogen and oxygen atoms in total. The van der Waals surface area contributed by atoms with Crippen molar-refractivity contribution in [1.29, 1.82) is 0 Å². The van der Waals surface area contributed by atoms with Crippen LogP contribution in [-0.2, 0) is 11.3 Å². The van der Waals surface area contributed by atoms with Gasteiger partial charge in [0.2, 0.25) is 0 Å². The Kier molecular flexibility index (Phi) is 4.57. The first-order valence-electron chi connectivity index (χ1n) is 5.87. The van der Waals surface area contributed by atoms with Gasteiger partial charge in [-0.1, -0.05) is 11.8 Å². The minimum Gasteiger partial charge on any atom is -0.379 e. The molecule has 1 aliphatic rings. The predicted molar refractivity (Wildman–Crippen MR) is 70.9 cm³/mol. The molecule has 0 saturated carbocycles. The molecule has 0 aromatic carbocycles. The summed E-state index contributed by atoms with van der Waals surface area (Å²) in [5.41, 5.74) is 6.44. The lowest BCUT2D eigenvalue weighted by molar-refractivity contribution is -0.00391. The first-order chi connectivity index (χ1) is 8.29. The SMILES string of the molecule is CC1COCCN1Cc1cc(C#CCN)cs1. The van der Waals surface area contributed by atoms with Crippen LogP contribution in [0.15, 0.2) is 11.4 Å². The molecule has 17 heavy (non-hydrogen) atoms. The average Bonchev–Trinajstić information content (AvgIpc) is 2.77. The summed E-state index contributed by atoms with van der Waals surface area (Å²) >= 11 is 1.77. The molecule has 2 rings (SSSR count). The lowest BCUT2D eigenvalue weighted by Crippen LogP contribution is -2.42. The topological polar surface area (TPSA) is 38.5 Å². The Morgan fingerprint density at radius 2 is 2.53 bits per heavy atom. The molecular weight excluding hydrogens is 232 g/mol. The molecule has 2 heterocycles. The monoisotopic (exact) mass is 250 g/mol. The second-order valence-corrected chi connectivity index (χ2v) is 5.20. The maximum absolute atomic E-state index is 5.43. The normalized spacial score (nSPS) is 20.9. The average molecular weight is 250 g/mol. The van der Waals surface area contributed by atoms with Gasteiger partial charge in [-0.2, -0.15) is 0 Å². The molecule has 0 spiro atoms. The van der Waals surface area contributed by atoms with E-state index in [4.69, 9.17) is 10.5 Å². The van der Waals surface area contributed by atoms with Crippen LogP contribution in [-0.4, -0.2) is 37.2 Å². The highest BCUT2D eigenvalue weighted by Crippen LogP contribution is 2.18. The Balaban J connectivity index is 1.96. The molecule has 0 radical (unpaired) electrons. The number of hydrogen-bond acceptors (Lipinski definition) is 4. The number of ether oxygens (including phenoxy) is 1. The van der Waals surface area contributed by atoms with Gasteiger partial charge >= 0.3 is 0 Å². The van der Waals surface area contributed by atoms with Gasteiger partial charge in [0.15, 0.2) is 0 Å². The molecule has 4 heteroatoms. The third kappa shape index (κ3) is 3.55. The highest BCUT2D eigenvalue weighted by molar-refractivity contribution is 7.10. The third-order valence-corrected chi connectivity index (χ3v) is 3.77. The smallest absolute Gasteiger partial charge is 0.0619 e. The molecule has 1 unspecified atom stereocenters. The molecule has 0 bridgehead atoms. The zero-order chi connectivity index (χ0) is 12.1. The van der Waals surface area contributed by atoms with Crippen LogP contribution in [0.25, 0.3) is 0 Å². The highest BCUT2D eigenvalue weighted by atomic mass is 32.1. The number of rotatable bonds is 2. The molecule has 1 saturated heterocycles. The number of hydrogen-bond donors (Lipinski definition) is 1. The third-order valence-electron chi connectivity index (χ3n) is 2.85. The van der Waals surface area contributed by atoms with E-state index in [1.165, 1.54) is 4.88 Å². The molecule has 2 N–H and O–H groups in total. The Labute approximate surface area is 107 Å². The molecule has 92 valence electrons. The highest BCUT2D eigenvalue weighted by Gasteiger charge is 2.19. The van der Waals surface area contributed by atoms with Crippen molar-refractivity contribution in [3.63, 3.8) is 0 Å². The summed E-state index contributed by atoms with van der Waals surface area (Å²) in [5, 5.41) is 2.10. The van der Waals surface area contributed by atoms with E-state index in [0.717, 1.165) is 31.9 Å². The second-order valence-electron chi connectivity index (χ2n) is 4.20. The summed E-state index contributed by atoms with van der Waals surface area (Å²) in [6, 6.07) is 2.67. The van der Waals surface area contributed by atoms with Crippen molar-refractivity contribution in [2.24, 2.45) is 5.73 Å². The van der Waals surface area contributed by atoms with E-state index in [1.807, 2.05) is 0 Å². The zero-order valence-corrected chi connectivity index (χ0v) is 10.9. The minimum absolute atomic E-state index is 0.422. The second kappa shape index (κ2) is 6.18. The van der Waals surface area contributed by atoms with Crippen LogP contribution in [0.5, 0.6) is 0 Å². The first-order valence-corrected chi connectivity index (χ1v) is 6.75. The van der Waals surface area contributed by atoms with E-state index in [0.29, 0.717) is 12.6 Å². The van der Waals surface area contributed by atoms with E-state index >= 15 is 0 Å². The van der Waals surface area contributed by atoms with Crippen molar-refractivity contribution < 1.29 is 4.74 Å². The quantitative estimate of drug-likeness (QED) is 0.804. The number of thiophene rings is 1. The lowest BCUT2D eigenvalue weighted by Gasteiger charge is -2.32. The summed E-state index contributed by atoms with van der Waals surface area (Å²) in [5.74, 6) is 5.95. The fraction of sp³-hybridized carbons (Fsp3) is 0.538. The van der Waals surface area contributed by atoms with Crippen LogP contribution in [0.2, 0.25) is 0 Å². The Bertz CT molecular complexity index is 419. The molecule has 0 amide bonds. The zero-order valence-electron chi connectivity index (χ0n) is 10.1. The standard InChI is InChI=1S/C13H18N2OS/c1-11-9-16-6-5-15(11)8-13-7-12(10-17-13)3-2-4-14/h7,10-11H,4-6,8-9,14H2,1H3. The Morgan fingerprint density at radius 3 is 3.29 bits per heavy atom. The number of nitrogens with zero attached hydrogens (tertiary/aromatic N) is 1. The van der Waals surface area contributed by atoms with Crippen molar-refractivity contribution in [1.82, 2.24) is 4.90 Å². The van der Waals surface area contributed by atoms with Gasteiger partial charge in [0.05, 0.1) is 19.8 Å². The minimum atomic E-state index is 0.422. The van der Waals surface area contributed by atoms with Gasteiger partial charge in [0.1, 0.15) is 0 Å².